The summed E-state index contributed by atoms with van der Waals surface area (Å²) in [5, 5.41) is 13.0. The number of aliphatic hydroxyl groups excluding tert-OH is 1. The van der Waals surface area contributed by atoms with Gasteiger partial charge in [-0.25, -0.2) is 9.97 Å². The molecule has 0 radical (unpaired) electrons. The number of rotatable bonds is 5. The van der Waals surface area contributed by atoms with Crippen LogP contribution in [0.5, 0.6) is 0 Å². The molecule has 2 N–H and O–H groups in total. The quantitative estimate of drug-likeness (QED) is 0.809. The van der Waals surface area contributed by atoms with Gasteiger partial charge in [0.15, 0.2) is 0 Å². The predicted octanol–water partition coefficient (Wildman–Crippen LogP) is 0.324. The number of hydrogen-bond donors (Lipinski definition) is 2. The number of nitrogens with one attached hydrogen (secondary N) is 1. The first-order chi connectivity index (χ1) is 9.47. The molecule has 0 aromatic carbocycles. The molecule has 1 aromatic heterocycles. The van der Waals surface area contributed by atoms with Gasteiger partial charge in [0.05, 0.1) is 12.6 Å². The van der Waals surface area contributed by atoms with E-state index in [9.17, 15) is 5.11 Å². The number of β-amino-alcohol motifs (C(OH)–C–C–N with tert-alkyl or cyclic N) is 1. The van der Waals surface area contributed by atoms with E-state index in [0.717, 1.165) is 30.3 Å². The zero-order chi connectivity index (χ0) is 14.7. The largest absolute Gasteiger partial charge is 0.392 e. The Hall–Kier alpha value is -1.24. The second kappa shape index (κ2) is 6.47. The van der Waals surface area contributed by atoms with Crippen molar-refractivity contribution in [2.45, 2.75) is 32.0 Å². The number of hydrogen-bond acceptors (Lipinski definition) is 6. The molecule has 2 rings (SSSR count). The van der Waals surface area contributed by atoms with E-state index in [1.165, 1.54) is 0 Å². The zero-order valence-electron chi connectivity index (χ0n) is 12.8. The molecule has 0 aliphatic carbocycles. The van der Waals surface area contributed by atoms with Gasteiger partial charge in [0, 0.05) is 37.9 Å². The standard InChI is InChI=1S/C14H25N5O/c1-10-5-13(15-2)17-14(16-10)9-19-8-12(20)6-11(19)7-18(3)4/h5,11-12,20H,6-9H2,1-4H3,(H,15,16,17). The number of aromatic nitrogens is 2. The summed E-state index contributed by atoms with van der Waals surface area (Å²) in [4.78, 5) is 13.4. The van der Waals surface area contributed by atoms with Crippen LogP contribution < -0.4 is 5.32 Å². The fourth-order valence-electron chi connectivity index (χ4n) is 2.77. The molecule has 112 valence electrons. The molecule has 20 heavy (non-hydrogen) atoms. The van der Waals surface area contributed by atoms with E-state index < -0.39 is 0 Å². The molecule has 1 aromatic rings. The second-order valence-electron chi connectivity index (χ2n) is 5.80. The number of aliphatic hydroxyl groups is 1. The van der Waals surface area contributed by atoms with Gasteiger partial charge in [-0.15, -0.1) is 0 Å². The van der Waals surface area contributed by atoms with E-state index in [2.05, 4.69) is 39.2 Å². The monoisotopic (exact) mass is 279 g/mol. The molecule has 0 spiro atoms. The van der Waals surface area contributed by atoms with E-state index in [4.69, 9.17) is 0 Å². The average Bonchev–Trinajstić information content (AvgIpc) is 2.67. The predicted molar refractivity (Wildman–Crippen MR) is 79.7 cm³/mol. The molecule has 2 atom stereocenters. The smallest absolute Gasteiger partial charge is 0.144 e. The van der Waals surface area contributed by atoms with Crippen LogP contribution in [0.25, 0.3) is 0 Å². The Morgan fingerprint density at radius 3 is 2.85 bits per heavy atom. The Morgan fingerprint density at radius 2 is 2.20 bits per heavy atom. The van der Waals surface area contributed by atoms with Crippen molar-refractivity contribution in [3.63, 3.8) is 0 Å². The van der Waals surface area contributed by atoms with Gasteiger partial charge in [-0.1, -0.05) is 0 Å². The van der Waals surface area contributed by atoms with Crippen molar-refractivity contribution < 1.29 is 5.11 Å². The van der Waals surface area contributed by atoms with Crippen molar-refractivity contribution in [2.24, 2.45) is 0 Å². The number of anilines is 1. The maximum Gasteiger partial charge on any atom is 0.144 e. The van der Waals surface area contributed by atoms with Gasteiger partial charge < -0.3 is 15.3 Å². The lowest BCUT2D eigenvalue weighted by molar-refractivity contribution is 0.167. The van der Waals surface area contributed by atoms with Crippen molar-refractivity contribution in [1.82, 2.24) is 19.8 Å². The first kappa shape index (κ1) is 15.2. The molecule has 1 aliphatic rings. The summed E-state index contributed by atoms with van der Waals surface area (Å²) in [5.41, 5.74) is 0.961. The Kier molecular flexibility index (Phi) is 4.91. The summed E-state index contributed by atoms with van der Waals surface area (Å²) < 4.78 is 0. The molecule has 0 saturated carbocycles. The Bertz CT molecular complexity index is 451. The number of nitrogens with zero attached hydrogens (tertiary/aromatic N) is 4. The molecule has 6 nitrogen and oxygen atoms in total. The fourth-order valence-corrected chi connectivity index (χ4v) is 2.77. The van der Waals surface area contributed by atoms with Crippen molar-refractivity contribution in [3.8, 4) is 0 Å². The van der Waals surface area contributed by atoms with Crippen LogP contribution in [0.4, 0.5) is 5.82 Å². The molecular weight excluding hydrogens is 254 g/mol. The maximum absolute atomic E-state index is 9.90. The molecule has 2 unspecified atom stereocenters. The van der Waals surface area contributed by atoms with Crippen molar-refractivity contribution in [1.29, 1.82) is 0 Å². The first-order valence-corrected chi connectivity index (χ1v) is 7.07. The summed E-state index contributed by atoms with van der Waals surface area (Å²) >= 11 is 0. The van der Waals surface area contributed by atoms with Gasteiger partial charge >= 0.3 is 0 Å². The van der Waals surface area contributed by atoms with Crippen LogP contribution in [0, 0.1) is 6.92 Å². The third kappa shape index (κ3) is 3.88. The second-order valence-corrected chi connectivity index (χ2v) is 5.80. The highest BCUT2D eigenvalue weighted by molar-refractivity contribution is 5.34. The average molecular weight is 279 g/mol. The highest BCUT2D eigenvalue weighted by Crippen LogP contribution is 2.20. The normalized spacial score (nSPS) is 23.5. The molecule has 0 bridgehead atoms. The Balaban J connectivity index is 2.09. The lowest BCUT2D eigenvalue weighted by atomic mass is 10.2. The Labute approximate surface area is 120 Å². The minimum Gasteiger partial charge on any atom is -0.392 e. The van der Waals surface area contributed by atoms with Gasteiger partial charge in [0.2, 0.25) is 0 Å². The summed E-state index contributed by atoms with van der Waals surface area (Å²) in [5.74, 6) is 1.66. The molecule has 1 saturated heterocycles. The lowest BCUT2D eigenvalue weighted by Crippen LogP contribution is -2.37. The van der Waals surface area contributed by atoms with Crippen LogP contribution >= 0.6 is 0 Å². The fraction of sp³-hybridized carbons (Fsp3) is 0.714. The van der Waals surface area contributed by atoms with Crippen LogP contribution in [-0.2, 0) is 6.54 Å². The van der Waals surface area contributed by atoms with Gasteiger partial charge in [0.25, 0.3) is 0 Å². The molecule has 1 aliphatic heterocycles. The maximum atomic E-state index is 9.90. The van der Waals surface area contributed by atoms with E-state index >= 15 is 0 Å². The van der Waals surface area contributed by atoms with Gasteiger partial charge in [-0.05, 0) is 27.4 Å². The van der Waals surface area contributed by atoms with E-state index in [1.54, 1.807) is 0 Å². The van der Waals surface area contributed by atoms with Gasteiger partial charge in [-0.3, -0.25) is 4.90 Å². The van der Waals surface area contributed by atoms with Crippen LogP contribution in [0.3, 0.4) is 0 Å². The molecule has 2 heterocycles. The van der Waals surface area contributed by atoms with Crippen molar-refractivity contribution >= 4 is 5.82 Å². The molecule has 6 heteroatoms. The highest BCUT2D eigenvalue weighted by Gasteiger charge is 2.31. The SMILES string of the molecule is CNc1cc(C)nc(CN2CC(O)CC2CN(C)C)n1. The number of likely N-dealkylation sites (tertiary alicyclic amines) is 1. The summed E-state index contributed by atoms with van der Waals surface area (Å²) in [7, 11) is 5.98. The van der Waals surface area contributed by atoms with E-state index in [0.29, 0.717) is 19.1 Å². The summed E-state index contributed by atoms with van der Waals surface area (Å²) in [6.07, 6.45) is 0.580. The number of likely N-dealkylation sites (N-methyl/N-ethyl adjacent to an activating group) is 1. The van der Waals surface area contributed by atoms with E-state index in [-0.39, 0.29) is 6.10 Å². The summed E-state index contributed by atoms with van der Waals surface area (Å²) in [6.45, 7) is 4.31. The molecule has 1 fully saturated rings. The third-order valence-corrected chi connectivity index (χ3v) is 3.58. The lowest BCUT2D eigenvalue weighted by Gasteiger charge is -2.26. The van der Waals surface area contributed by atoms with Gasteiger partial charge in [0.1, 0.15) is 11.6 Å². The van der Waals surface area contributed by atoms with Crippen LogP contribution in [-0.4, -0.2) is 71.3 Å². The van der Waals surface area contributed by atoms with Crippen LogP contribution in [0.15, 0.2) is 6.07 Å². The van der Waals surface area contributed by atoms with Crippen LogP contribution in [0.1, 0.15) is 17.9 Å². The highest BCUT2D eigenvalue weighted by atomic mass is 16.3. The number of aryl methyl sites for hydroxylation is 1. The topological polar surface area (TPSA) is 64.5 Å². The Morgan fingerprint density at radius 1 is 1.45 bits per heavy atom. The molecular formula is C14H25N5O. The summed E-state index contributed by atoms with van der Waals surface area (Å²) in [6, 6.07) is 2.29. The minimum atomic E-state index is -0.242. The molecule has 0 amide bonds. The van der Waals surface area contributed by atoms with Crippen molar-refractivity contribution in [3.05, 3.63) is 17.6 Å². The zero-order valence-corrected chi connectivity index (χ0v) is 12.8. The van der Waals surface area contributed by atoms with Gasteiger partial charge in [-0.2, -0.15) is 0 Å². The van der Waals surface area contributed by atoms with E-state index in [1.807, 2.05) is 20.0 Å². The first-order valence-electron chi connectivity index (χ1n) is 7.07. The third-order valence-electron chi connectivity index (χ3n) is 3.58. The van der Waals surface area contributed by atoms with Crippen LogP contribution in [0.2, 0.25) is 0 Å². The minimum absolute atomic E-state index is 0.242. The van der Waals surface area contributed by atoms with Crippen molar-refractivity contribution in [2.75, 3.05) is 39.5 Å².